The van der Waals surface area contributed by atoms with Crippen molar-refractivity contribution in [1.82, 2.24) is 0 Å². The first kappa shape index (κ1) is 28.4. The highest BCUT2D eigenvalue weighted by atomic mass is 79.9. The molecule has 3 nitrogen and oxygen atoms in total. The van der Waals surface area contributed by atoms with Crippen LogP contribution in [0.5, 0.6) is 0 Å². The van der Waals surface area contributed by atoms with E-state index in [9.17, 15) is 9.90 Å². The summed E-state index contributed by atoms with van der Waals surface area (Å²) in [5, 5.41) is 11.9. The van der Waals surface area contributed by atoms with Crippen molar-refractivity contribution in [2.45, 2.75) is 110 Å². The van der Waals surface area contributed by atoms with E-state index in [2.05, 4.69) is 50.2 Å². The van der Waals surface area contributed by atoms with E-state index < -0.39 is 5.60 Å². The Morgan fingerprint density at radius 3 is 2.55 bits per heavy atom. The molecule has 5 rings (SSSR count). The van der Waals surface area contributed by atoms with Gasteiger partial charge in [-0.25, -0.2) is 4.79 Å². The maximum absolute atomic E-state index is 12.8. The van der Waals surface area contributed by atoms with Crippen molar-refractivity contribution < 1.29 is 14.6 Å². The van der Waals surface area contributed by atoms with Crippen LogP contribution in [0.2, 0.25) is 0 Å². The molecule has 1 aromatic rings. The van der Waals surface area contributed by atoms with E-state index in [1.54, 1.807) is 12.1 Å². The third-order valence-corrected chi connectivity index (χ3v) is 12.1. The Hall–Kier alpha value is -1.13. The molecule has 4 fully saturated rings. The number of ether oxygens (including phenoxy) is 1. The van der Waals surface area contributed by atoms with E-state index in [1.807, 2.05) is 12.1 Å². The third-order valence-electron chi connectivity index (χ3n) is 11.6. The van der Waals surface area contributed by atoms with Crippen molar-refractivity contribution in [3.63, 3.8) is 0 Å². The maximum atomic E-state index is 12.8. The predicted molar refractivity (Wildman–Crippen MR) is 158 cm³/mol. The van der Waals surface area contributed by atoms with Crippen LogP contribution in [-0.2, 0) is 4.74 Å². The van der Waals surface area contributed by atoms with Crippen molar-refractivity contribution >= 4 is 21.9 Å². The highest BCUT2D eigenvalue weighted by molar-refractivity contribution is 9.10. The van der Waals surface area contributed by atoms with Gasteiger partial charge in [0.25, 0.3) is 0 Å². The van der Waals surface area contributed by atoms with Gasteiger partial charge in [-0.3, -0.25) is 0 Å². The number of rotatable bonds is 7. The lowest BCUT2D eigenvalue weighted by Gasteiger charge is -2.50. The average Bonchev–Trinajstić information content (AvgIpc) is 3.36. The van der Waals surface area contributed by atoms with Crippen LogP contribution in [0.25, 0.3) is 0 Å². The molecule has 1 N–H and O–H groups in total. The fourth-order valence-corrected chi connectivity index (χ4v) is 9.88. The van der Waals surface area contributed by atoms with Gasteiger partial charge in [-0.2, -0.15) is 0 Å². The summed E-state index contributed by atoms with van der Waals surface area (Å²) in [5.41, 5.74) is 1.46. The molecule has 38 heavy (non-hydrogen) atoms. The van der Waals surface area contributed by atoms with Crippen LogP contribution in [-0.4, -0.2) is 22.8 Å². The fourth-order valence-electron chi connectivity index (χ4n) is 9.62. The van der Waals surface area contributed by atoms with Crippen molar-refractivity contribution in [2.24, 2.45) is 46.8 Å². The van der Waals surface area contributed by atoms with Gasteiger partial charge in [0.15, 0.2) is 0 Å². The topological polar surface area (TPSA) is 46.5 Å². The Labute approximate surface area is 239 Å². The summed E-state index contributed by atoms with van der Waals surface area (Å²) in [6.45, 7) is 14.5. The monoisotopic (exact) mass is 584 g/mol. The van der Waals surface area contributed by atoms with Crippen molar-refractivity contribution in [3.8, 4) is 0 Å². The van der Waals surface area contributed by atoms with Crippen LogP contribution in [0, 0.1) is 46.8 Å². The van der Waals surface area contributed by atoms with E-state index >= 15 is 0 Å². The summed E-state index contributed by atoms with van der Waals surface area (Å²) in [4.78, 5) is 12.8. The van der Waals surface area contributed by atoms with Gasteiger partial charge in [0, 0.05) is 16.8 Å². The van der Waals surface area contributed by atoms with Crippen LogP contribution in [0.3, 0.4) is 0 Å². The van der Waals surface area contributed by atoms with E-state index in [0.29, 0.717) is 35.7 Å². The van der Waals surface area contributed by atoms with Gasteiger partial charge in [0.1, 0.15) is 6.10 Å². The second-order valence-electron chi connectivity index (χ2n) is 14.2. The third kappa shape index (κ3) is 5.30. The zero-order chi connectivity index (χ0) is 27.2. The number of benzene rings is 1. The molecule has 4 aliphatic rings. The molecule has 0 bridgehead atoms. The average molecular weight is 586 g/mol. The SMILES string of the molecule is C=C1C2CCC3(C)C(C(C)CCCC(C)C)CCC3C2CCC2(O)CC(OC(=O)c3ccc(Br)cc3)CC12. The first-order valence-electron chi connectivity index (χ1n) is 15.4. The van der Waals surface area contributed by atoms with Gasteiger partial charge in [0.2, 0.25) is 0 Å². The van der Waals surface area contributed by atoms with Gasteiger partial charge in [0.05, 0.1) is 11.2 Å². The molecule has 1 aromatic carbocycles. The van der Waals surface area contributed by atoms with Crippen LogP contribution < -0.4 is 0 Å². The first-order chi connectivity index (χ1) is 18.0. The molecule has 0 amide bonds. The molecule has 210 valence electrons. The lowest BCUT2D eigenvalue weighted by atomic mass is 9.54. The number of hydrogen-bond acceptors (Lipinski definition) is 3. The Bertz CT molecular complexity index is 1020. The zero-order valence-electron chi connectivity index (χ0n) is 24.1. The summed E-state index contributed by atoms with van der Waals surface area (Å²) in [6.07, 6.45) is 12.2. The summed E-state index contributed by atoms with van der Waals surface area (Å²) in [5.74, 6) is 4.09. The largest absolute Gasteiger partial charge is 0.459 e. The Kier molecular flexibility index (Phi) is 8.25. The molecule has 4 saturated carbocycles. The number of halogens is 1. The Morgan fingerprint density at radius 2 is 1.84 bits per heavy atom. The molecule has 4 heteroatoms. The maximum Gasteiger partial charge on any atom is 0.338 e. The van der Waals surface area contributed by atoms with Gasteiger partial charge in [-0.05, 0) is 110 Å². The minimum atomic E-state index is -0.794. The summed E-state index contributed by atoms with van der Waals surface area (Å²) >= 11 is 3.42. The number of carbonyl (C=O) groups is 1. The number of carbonyl (C=O) groups excluding carboxylic acids is 1. The quantitative estimate of drug-likeness (QED) is 0.257. The zero-order valence-corrected chi connectivity index (χ0v) is 25.6. The number of esters is 1. The minimum absolute atomic E-state index is 0.0386. The number of hydrogen-bond donors (Lipinski definition) is 1. The van der Waals surface area contributed by atoms with Gasteiger partial charge in [-0.15, -0.1) is 0 Å². The molecule has 0 aliphatic heterocycles. The molecule has 9 atom stereocenters. The highest BCUT2D eigenvalue weighted by Gasteiger charge is 2.59. The van der Waals surface area contributed by atoms with Crippen molar-refractivity contribution in [2.75, 3.05) is 0 Å². The molecule has 4 aliphatic carbocycles. The summed E-state index contributed by atoms with van der Waals surface area (Å²) in [7, 11) is 0. The highest BCUT2D eigenvalue weighted by Crippen LogP contribution is 2.65. The lowest BCUT2D eigenvalue weighted by molar-refractivity contribution is -0.0149. The lowest BCUT2D eigenvalue weighted by Crippen LogP contribution is -2.43. The van der Waals surface area contributed by atoms with E-state index in [4.69, 9.17) is 4.74 Å². The van der Waals surface area contributed by atoms with E-state index in [1.165, 1.54) is 50.5 Å². The van der Waals surface area contributed by atoms with E-state index in [0.717, 1.165) is 41.0 Å². The number of fused-ring (bicyclic) bond motifs is 4. The smallest absolute Gasteiger partial charge is 0.338 e. The predicted octanol–water partition coefficient (Wildman–Crippen LogP) is 8.99. The molecule has 0 radical (unpaired) electrons. The first-order valence-corrected chi connectivity index (χ1v) is 16.2. The number of aliphatic hydroxyl groups is 1. The molecule has 0 saturated heterocycles. The summed E-state index contributed by atoms with van der Waals surface area (Å²) < 4.78 is 6.88. The van der Waals surface area contributed by atoms with Crippen LogP contribution in [0.4, 0.5) is 0 Å². The van der Waals surface area contributed by atoms with Gasteiger partial charge >= 0.3 is 5.97 Å². The standard InChI is InChI=1S/C34H49BrO3/c1-21(2)7-6-8-22(3)29-13-14-30-28-16-18-34(37)20-26(38-32(36)24-9-11-25(35)12-10-24)19-31(34)23(4)27(28)15-17-33(29,30)5/h9-12,21-22,26-31,37H,4,6-8,13-20H2,1-3,5H3. The summed E-state index contributed by atoms with van der Waals surface area (Å²) in [6, 6.07) is 7.30. The van der Waals surface area contributed by atoms with Crippen molar-refractivity contribution in [1.29, 1.82) is 0 Å². The van der Waals surface area contributed by atoms with Crippen LogP contribution in [0.15, 0.2) is 40.9 Å². The van der Waals surface area contributed by atoms with Crippen molar-refractivity contribution in [3.05, 3.63) is 46.5 Å². The van der Waals surface area contributed by atoms with Gasteiger partial charge < -0.3 is 9.84 Å². The minimum Gasteiger partial charge on any atom is -0.459 e. The second-order valence-corrected chi connectivity index (χ2v) is 15.1. The molecule has 0 heterocycles. The van der Waals surface area contributed by atoms with E-state index in [-0.39, 0.29) is 18.0 Å². The molecular formula is C34H49BrO3. The van der Waals surface area contributed by atoms with Gasteiger partial charge in [-0.1, -0.05) is 75.0 Å². The second kappa shape index (κ2) is 11.0. The molecular weight excluding hydrogens is 536 g/mol. The Balaban J connectivity index is 1.25. The Morgan fingerprint density at radius 1 is 1.11 bits per heavy atom. The fraction of sp³-hybridized carbons (Fsp3) is 0.735. The molecule has 9 unspecified atom stereocenters. The molecule has 0 spiro atoms. The van der Waals surface area contributed by atoms with Crippen LogP contribution in [0.1, 0.15) is 109 Å². The molecule has 0 aromatic heterocycles. The van der Waals surface area contributed by atoms with Crippen LogP contribution >= 0.6 is 15.9 Å². The normalized spacial score (nSPS) is 39.3.